The number of rotatable bonds is 4. The summed E-state index contributed by atoms with van der Waals surface area (Å²) >= 11 is 3.39. The van der Waals surface area contributed by atoms with Gasteiger partial charge in [0.15, 0.2) is 0 Å². The largest absolute Gasteiger partial charge is 0.384 e. The molecule has 0 amide bonds. The molecule has 0 spiro atoms. The molecule has 0 atom stereocenters. The van der Waals surface area contributed by atoms with Crippen LogP contribution in [0.1, 0.15) is 12.8 Å². The summed E-state index contributed by atoms with van der Waals surface area (Å²) in [4.78, 5) is 10.3. The molecule has 6 heteroatoms. The molecular weight excluding hydrogens is 300 g/mol. The van der Waals surface area contributed by atoms with E-state index in [0.717, 1.165) is 42.8 Å². The van der Waals surface area contributed by atoms with Gasteiger partial charge in [-0.2, -0.15) is 0 Å². The van der Waals surface area contributed by atoms with Gasteiger partial charge < -0.3 is 10.1 Å². The lowest BCUT2D eigenvalue weighted by atomic mass is 10.0. The van der Waals surface area contributed by atoms with Crippen LogP contribution in [0.3, 0.4) is 0 Å². The SMILES string of the molecule is O=[N+]([O-])c1ccc(Br)c(NCC2CCOCC2)c1. The van der Waals surface area contributed by atoms with E-state index in [1.165, 1.54) is 6.07 Å². The van der Waals surface area contributed by atoms with Crippen LogP contribution >= 0.6 is 15.9 Å². The first-order valence-electron chi connectivity index (χ1n) is 5.92. The van der Waals surface area contributed by atoms with Gasteiger partial charge in [-0.15, -0.1) is 0 Å². The second-order valence-electron chi connectivity index (χ2n) is 4.36. The molecule has 0 aromatic heterocycles. The predicted octanol–water partition coefficient (Wildman–Crippen LogP) is 3.20. The van der Waals surface area contributed by atoms with Gasteiger partial charge in [-0.1, -0.05) is 0 Å². The van der Waals surface area contributed by atoms with E-state index in [4.69, 9.17) is 4.74 Å². The number of ether oxygens (including phenoxy) is 1. The first-order chi connectivity index (χ1) is 8.66. The average Bonchev–Trinajstić information content (AvgIpc) is 2.38. The predicted molar refractivity (Wildman–Crippen MR) is 72.8 cm³/mol. The number of non-ortho nitro benzene ring substituents is 1. The summed E-state index contributed by atoms with van der Waals surface area (Å²) in [5.41, 5.74) is 0.878. The Morgan fingerprint density at radius 3 is 2.83 bits per heavy atom. The lowest BCUT2D eigenvalue weighted by molar-refractivity contribution is -0.384. The van der Waals surface area contributed by atoms with Crippen molar-refractivity contribution in [1.29, 1.82) is 0 Å². The summed E-state index contributed by atoms with van der Waals surface area (Å²) in [6.45, 7) is 2.44. The first-order valence-corrected chi connectivity index (χ1v) is 6.71. The number of nitro benzene ring substituents is 1. The fourth-order valence-electron chi connectivity index (χ4n) is 1.97. The molecule has 0 saturated carbocycles. The van der Waals surface area contributed by atoms with Crippen LogP contribution < -0.4 is 5.32 Å². The minimum atomic E-state index is -0.383. The van der Waals surface area contributed by atoms with E-state index >= 15 is 0 Å². The fraction of sp³-hybridized carbons (Fsp3) is 0.500. The number of nitro groups is 1. The highest BCUT2D eigenvalue weighted by Gasteiger charge is 2.15. The van der Waals surface area contributed by atoms with Crippen molar-refractivity contribution in [1.82, 2.24) is 0 Å². The van der Waals surface area contributed by atoms with Crippen LogP contribution in [0.25, 0.3) is 0 Å². The monoisotopic (exact) mass is 314 g/mol. The van der Waals surface area contributed by atoms with Crippen molar-refractivity contribution in [3.8, 4) is 0 Å². The number of nitrogens with zero attached hydrogens (tertiary/aromatic N) is 1. The van der Waals surface area contributed by atoms with Crippen LogP contribution in [-0.4, -0.2) is 24.7 Å². The van der Waals surface area contributed by atoms with Crippen molar-refractivity contribution >= 4 is 27.3 Å². The lowest BCUT2D eigenvalue weighted by Crippen LogP contribution is -2.22. The van der Waals surface area contributed by atoms with Crippen molar-refractivity contribution in [3.05, 3.63) is 32.8 Å². The Kier molecular flexibility index (Phi) is 4.54. The highest BCUT2D eigenvalue weighted by atomic mass is 79.9. The van der Waals surface area contributed by atoms with Crippen molar-refractivity contribution < 1.29 is 9.66 Å². The molecule has 1 aromatic rings. The number of anilines is 1. The minimum absolute atomic E-state index is 0.104. The van der Waals surface area contributed by atoms with Crippen LogP contribution in [0, 0.1) is 16.0 Å². The van der Waals surface area contributed by atoms with Crippen molar-refractivity contribution in [2.45, 2.75) is 12.8 Å². The van der Waals surface area contributed by atoms with Gasteiger partial charge in [0, 0.05) is 36.4 Å². The molecule has 0 aliphatic carbocycles. The molecular formula is C12H15BrN2O3. The molecule has 98 valence electrons. The maximum atomic E-state index is 10.7. The van der Waals surface area contributed by atoms with E-state index in [0.29, 0.717) is 5.92 Å². The Morgan fingerprint density at radius 1 is 1.44 bits per heavy atom. The molecule has 1 fully saturated rings. The van der Waals surface area contributed by atoms with Crippen molar-refractivity contribution in [2.24, 2.45) is 5.92 Å². The van der Waals surface area contributed by atoms with E-state index < -0.39 is 0 Å². The molecule has 1 aliphatic heterocycles. The third kappa shape index (κ3) is 3.43. The molecule has 0 unspecified atom stereocenters. The first kappa shape index (κ1) is 13.3. The molecule has 0 radical (unpaired) electrons. The van der Waals surface area contributed by atoms with E-state index in [-0.39, 0.29) is 10.6 Å². The van der Waals surface area contributed by atoms with Gasteiger partial charge in [0.25, 0.3) is 5.69 Å². The number of nitrogens with one attached hydrogen (secondary N) is 1. The van der Waals surface area contributed by atoms with Gasteiger partial charge >= 0.3 is 0 Å². The number of benzene rings is 1. The zero-order valence-electron chi connectivity index (χ0n) is 9.89. The zero-order chi connectivity index (χ0) is 13.0. The van der Waals surface area contributed by atoms with E-state index in [9.17, 15) is 10.1 Å². The topological polar surface area (TPSA) is 64.4 Å². The molecule has 1 N–H and O–H groups in total. The molecule has 1 aliphatic rings. The van der Waals surface area contributed by atoms with Crippen molar-refractivity contribution in [3.63, 3.8) is 0 Å². The van der Waals surface area contributed by atoms with Crippen LogP contribution in [0.5, 0.6) is 0 Å². The van der Waals surface area contributed by atoms with Crippen LogP contribution in [0.2, 0.25) is 0 Å². The van der Waals surface area contributed by atoms with E-state index in [1.54, 1.807) is 12.1 Å². The summed E-state index contributed by atoms with van der Waals surface area (Å²) in [5.74, 6) is 0.574. The molecule has 1 aromatic carbocycles. The molecule has 2 rings (SSSR count). The summed E-state index contributed by atoms with van der Waals surface area (Å²) in [5, 5.41) is 14.0. The second-order valence-corrected chi connectivity index (χ2v) is 5.21. The Balaban J connectivity index is 1.99. The van der Waals surface area contributed by atoms with Crippen LogP contribution in [0.4, 0.5) is 11.4 Å². The standard InChI is InChI=1S/C12H15BrN2O3/c13-11-2-1-10(15(16)17)7-12(11)14-8-9-3-5-18-6-4-9/h1-2,7,9,14H,3-6,8H2. The molecule has 5 nitrogen and oxygen atoms in total. The fourth-order valence-corrected chi connectivity index (χ4v) is 2.35. The van der Waals surface area contributed by atoms with Crippen LogP contribution in [-0.2, 0) is 4.74 Å². The third-order valence-corrected chi connectivity index (χ3v) is 3.77. The summed E-state index contributed by atoms with van der Waals surface area (Å²) in [6.07, 6.45) is 2.08. The third-order valence-electron chi connectivity index (χ3n) is 3.08. The second kappa shape index (κ2) is 6.15. The quantitative estimate of drug-likeness (QED) is 0.684. The smallest absolute Gasteiger partial charge is 0.271 e. The Hall–Kier alpha value is -1.14. The lowest BCUT2D eigenvalue weighted by Gasteiger charge is -2.22. The maximum absolute atomic E-state index is 10.7. The molecule has 18 heavy (non-hydrogen) atoms. The van der Waals surface area contributed by atoms with Gasteiger partial charge in [-0.05, 0) is 40.8 Å². The summed E-state index contributed by atoms with van der Waals surface area (Å²) in [7, 11) is 0. The minimum Gasteiger partial charge on any atom is -0.384 e. The normalized spacial score (nSPS) is 16.5. The molecule has 0 bridgehead atoms. The van der Waals surface area contributed by atoms with E-state index in [1.807, 2.05) is 0 Å². The summed E-state index contributed by atoms with van der Waals surface area (Å²) in [6, 6.07) is 4.75. The van der Waals surface area contributed by atoms with E-state index in [2.05, 4.69) is 21.2 Å². The number of halogens is 1. The van der Waals surface area contributed by atoms with Gasteiger partial charge in [0.05, 0.1) is 10.6 Å². The number of hydrogen-bond acceptors (Lipinski definition) is 4. The van der Waals surface area contributed by atoms with Gasteiger partial charge in [0.1, 0.15) is 0 Å². The highest BCUT2D eigenvalue weighted by molar-refractivity contribution is 9.10. The van der Waals surface area contributed by atoms with Crippen molar-refractivity contribution in [2.75, 3.05) is 25.1 Å². The molecule has 1 saturated heterocycles. The van der Waals surface area contributed by atoms with Crippen LogP contribution in [0.15, 0.2) is 22.7 Å². The average molecular weight is 315 g/mol. The summed E-state index contributed by atoms with van der Waals surface area (Å²) < 4.78 is 6.15. The Labute approximate surface area is 114 Å². The van der Waals surface area contributed by atoms with Gasteiger partial charge in [-0.3, -0.25) is 10.1 Å². The Morgan fingerprint density at radius 2 is 2.17 bits per heavy atom. The van der Waals surface area contributed by atoms with Gasteiger partial charge in [-0.25, -0.2) is 0 Å². The maximum Gasteiger partial charge on any atom is 0.271 e. The van der Waals surface area contributed by atoms with Gasteiger partial charge in [0.2, 0.25) is 0 Å². The highest BCUT2D eigenvalue weighted by Crippen LogP contribution is 2.27. The Bertz CT molecular complexity index is 433. The number of hydrogen-bond donors (Lipinski definition) is 1. The zero-order valence-corrected chi connectivity index (χ0v) is 11.5. The molecule has 1 heterocycles.